The van der Waals surface area contributed by atoms with Crippen molar-refractivity contribution in [2.45, 2.75) is 51.5 Å². The first-order chi connectivity index (χ1) is 11.5. The minimum absolute atomic E-state index is 0.123. The normalized spacial score (nSPS) is 33.4. The molecule has 1 aromatic rings. The zero-order valence-corrected chi connectivity index (χ0v) is 14.0. The van der Waals surface area contributed by atoms with Gasteiger partial charge in [0.1, 0.15) is 0 Å². The largest absolute Gasteiger partial charge is 0.478 e. The Morgan fingerprint density at radius 3 is 2.29 bits per heavy atom. The van der Waals surface area contributed by atoms with Crippen LogP contribution >= 0.6 is 0 Å². The molecular formula is C20H25NO3. The standard InChI is InChI=1S/C20H25NO3/c22-18(21-12-13-2-1-3-17(7-13)19(23)24)11-20-8-14-4-15(9-20)6-16(5-14)10-20/h1-3,7,14-16H,4-6,8-12H2,(H,21,22)(H,23,24). The first-order valence-electron chi connectivity index (χ1n) is 9.10. The molecule has 0 radical (unpaired) electrons. The maximum absolute atomic E-state index is 12.5. The second-order valence-electron chi connectivity index (χ2n) is 8.38. The molecule has 128 valence electrons. The molecule has 0 unspecified atom stereocenters. The third kappa shape index (κ3) is 3.06. The number of carbonyl (C=O) groups is 2. The molecule has 0 heterocycles. The molecule has 0 aromatic heterocycles. The van der Waals surface area contributed by atoms with Gasteiger partial charge in [-0.25, -0.2) is 4.79 Å². The van der Waals surface area contributed by atoms with Crippen molar-refractivity contribution in [3.8, 4) is 0 Å². The average Bonchev–Trinajstić information content (AvgIpc) is 2.51. The van der Waals surface area contributed by atoms with Crippen LogP contribution in [-0.2, 0) is 11.3 Å². The zero-order valence-electron chi connectivity index (χ0n) is 14.0. The van der Waals surface area contributed by atoms with Crippen molar-refractivity contribution in [3.63, 3.8) is 0 Å². The van der Waals surface area contributed by atoms with Crippen molar-refractivity contribution in [1.29, 1.82) is 0 Å². The predicted molar refractivity (Wildman–Crippen MR) is 90.5 cm³/mol. The highest BCUT2D eigenvalue weighted by Gasteiger charge is 2.51. The van der Waals surface area contributed by atoms with Crippen LogP contribution in [0.5, 0.6) is 0 Å². The topological polar surface area (TPSA) is 66.4 Å². The maximum atomic E-state index is 12.5. The van der Waals surface area contributed by atoms with Crippen LogP contribution in [0.4, 0.5) is 0 Å². The Bertz CT molecular complexity index is 631. The number of carboxylic acid groups (broad SMARTS) is 1. The number of carbonyl (C=O) groups excluding carboxylic acids is 1. The lowest BCUT2D eigenvalue weighted by molar-refractivity contribution is -0.129. The van der Waals surface area contributed by atoms with E-state index in [0.29, 0.717) is 13.0 Å². The minimum atomic E-state index is -0.934. The van der Waals surface area contributed by atoms with Gasteiger partial charge in [-0.3, -0.25) is 4.79 Å². The summed E-state index contributed by atoms with van der Waals surface area (Å²) in [7, 11) is 0. The van der Waals surface area contributed by atoms with Gasteiger partial charge >= 0.3 is 5.97 Å². The molecule has 4 fully saturated rings. The molecule has 1 aromatic carbocycles. The quantitative estimate of drug-likeness (QED) is 0.868. The van der Waals surface area contributed by atoms with E-state index in [2.05, 4.69) is 5.32 Å². The maximum Gasteiger partial charge on any atom is 0.335 e. The molecule has 0 saturated heterocycles. The third-order valence-corrected chi connectivity index (χ3v) is 6.36. The summed E-state index contributed by atoms with van der Waals surface area (Å²) in [5.74, 6) is 1.76. The van der Waals surface area contributed by atoms with Gasteiger partial charge in [0, 0.05) is 13.0 Å². The number of amides is 1. The fourth-order valence-electron chi connectivity index (χ4n) is 5.92. The fraction of sp³-hybridized carbons (Fsp3) is 0.600. The lowest BCUT2D eigenvalue weighted by atomic mass is 9.49. The van der Waals surface area contributed by atoms with Crippen molar-refractivity contribution < 1.29 is 14.7 Å². The van der Waals surface area contributed by atoms with Gasteiger partial charge < -0.3 is 10.4 Å². The number of aromatic carboxylic acids is 1. The molecule has 4 bridgehead atoms. The van der Waals surface area contributed by atoms with Crippen LogP contribution in [0.15, 0.2) is 24.3 Å². The van der Waals surface area contributed by atoms with Crippen molar-refractivity contribution in [3.05, 3.63) is 35.4 Å². The fourth-order valence-corrected chi connectivity index (χ4v) is 5.92. The Hall–Kier alpha value is -1.84. The molecule has 4 saturated carbocycles. The van der Waals surface area contributed by atoms with Crippen LogP contribution in [-0.4, -0.2) is 17.0 Å². The molecule has 0 atom stereocenters. The van der Waals surface area contributed by atoms with E-state index in [4.69, 9.17) is 5.11 Å². The molecule has 2 N–H and O–H groups in total. The SMILES string of the molecule is O=C(CC12CC3CC(CC(C3)C1)C2)NCc1cccc(C(=O)O)c1. The van der Waals surface area contributed by atoms with Crippen molar-refractivity contribution in [1.82, 2.24) is 5.32 Å². The summed E-state index contributed by atoms with van der Waals surface area (Å²) in [5.41, 5.74) is 1.36. The first-order valence-corrected chi connectivity index (χ1v) is 9.10. The predicted octanol–water partition coefficient (Wildman–Crippen LogP) is 3.61. The molecule has 4 aliphatic rings. The summed E-state index contributed by atoms with van der Waals surface area (Å²) in [6.45, 7) is 0.409. The second-order valence-corrected chi connectivity index (χ2v) is 8.38. The van der Waals surface area contributed by atoms with Gasteiger partial charge in [0.15, 0.2) is 0 Å². The highest BCUT2D eigenvalue weighted by molar-refractivity contribution is 5.87. The minimum Gasteiger partial charge on any atom is -0.478 e. The van der Waals surface area contributed by atoms with Gasteiger partial charge in [-0.05, 0) is 79.4 Å². The molecule has 24 heavy (non-hydrogen) atoms. The van der Waals surface area contributed by atoms with Crippen LogP contribution in [0.25, 0.3) is 0 Å². The zero-order chi connectivity index (χ0) is 16.7. The average molecular weight is 327 g/mol. The number of benzene rings is 1. The summed E-state index contributed by atoms with van der Waals surface area (Å²) in [4.78, 5) is 23.5. The smallest absolute Gasteiger partial charge is 0.335 e. The van der Waals surface area contributed by atoms with Crippen LogP contribution in [0, 0.1) is 23.2 Å². The molecule has 4 aliphatic carbocycles. The summed E-state index contributed by atoms with van der Waals surface area (Å²) in [5, 5.41) is 12.0. The first kappa shape index (κ1) is 15.7. The molecule has 1 amide bonds. The monoisotopic (exact) mass is 327 g/mol. The van der Waals surface area contributed by atoms with Crippen LogP contribution in [0.3, 0.4) is 0 Å². The Kier molecular flexibility index (Phi) is 3.86. The molecule has 0 spiro atoms. The molecular weight excluding hydrogens is 302 g/mol. The van der Waals surface area contributed by atoms with Gasteiger partial charge in [-0.2, -0.15) is 0 Å². The highest BCUT2D eigenvalue weighted by atomic mass is 16.4. The number of hydrogen-bond acceptors (Lipinski definition) is 2. The van der Waals surface area contributed by atoms with Gasteiger partial charge in [0.2, 0.25) is 5.91 Å². The second kappa shape index (κ2) is 5.91. The van der Waals surface area contributed by atoms with E-state index in [-0.39, 0.29) is 16.9 Å². The van der Waals surface area contributed by atoms with Crippen molar-refractivity contribution in [2.24, 2.45) is 23.2 Å². The molecule has 5 rings (SSSR count). The molecule has 0 aliphatic heterocycles. The number of carboxylic acids is 1. The van der Waals surface area contributed by atoms with E-state index in [1.165, 1.54) is 38.5 Å². The number of rotatable bonds is 5. The van der Waals surface area contributed by atoms with E-state index < -0.39 is 5.97 Å². The van der Waals surface area contributed by atoms with Crippen molar-refractivity contribution in [2.75, 3.05) is 0 Å². The Labute approximate surface area is 142 Å². The summed E-state index contributed by atoms with van der Waals surface area (Å²) >= 11 is 0. The van der Waals surface area contributed by atoms with E-state index in [1.807, 2.05) is 6.07 Å². The lowest BCUT2D eigenvalue weighted by Gasteiger charge is -2.56. The van der Waals surface area contributed by atoms with Gasteiger partial charge in [-0.1, -0.05) is 12.1 Å². The van der Waals surface area contributed by atoms with Gasteiger partial charge in [-0.15, -0.1) is 0 Å². The van der Waals surface area contributed by atoms with E-state index in [9.17, 15) is 9.59 Å². The summed E-state index contributed by atoms with van der Waals surface area (Å²) in [6, 6.07) is 6.79. The molecule has 4 heteroatoms. The van der Waals surface area contributed by atoms with E-state index in [0.717, 1.165) is 23.3 Å². The number of nitrogens with one attached hydrogen (secondary N) is 1. The van der Waals surface area contributed by atoms with Crippen molar-refractivity contribution >= 4 is 11.9 Å². The van der Waals surface area contributed by atoms with E-state index >= 15 is 0 Å². The number of hydrogen-bond donors (Lipinski definition) is 2. The van der Waals surface area contributed by atoms with E-state index in [1.54, 1.807) is 18.2 Å². The lowest BCUT2D eigenvalue weighted by Crippen LogP contribution is -2.47. The Morgan fingerprint density at radius 1 is 1.08 bits per heavy atom. The van der Waals surface area contributed by atoms with Crippen LogP contribution in [0.1, 0.15) is 60.9 Å². The van der Waals surface area contributed by atoms with Crippen LogP contribution in [0.2, 0.25) is 0 Å². The van der Waals surface area contributed by atoms with Gasteiger partial charge in [0.25, 0.3) is 0 Å². The highest BCUT2D eigenvalue weighted by Crippen LogP contribution is 2.61. The summed E-state index contributed by atoms with van der Waals surface area (Å²) in [6.07, 6.45) is 8.53. The van der Waals surface area contributed by atoms with Gasteiger partial charge in [0.05, 0.1) is 5.56 Å². The summed E-state index contributed by atoms with van der Waals surface area (Å²) < 4.78 is 0. The third-order valence-electron chi connectivity index (χ3n) is 6.36. The van der Waals surface area contributed by atoms with Crippen LogP contribution < -0.4 is 5.32 Å². The molecule has 4 nitrogen and oxygen atoms in total. The Morgan fingerprint density at radius 2 is 1.71 bits per heavy atom. The Balaban J connectivity index is 1.36.